The van der Waals surface area contributed by atoms with Crippen LogP contribution in [-0.2, 0) is 0 Å². The zero-order valence-electron chi connectivity index (χ0n) is 6.17. The van der Waals surface area contributed by atoms with Gasteiger partial charge in [-0.2, -0.15) is 0 Å². The van der Waals surface area contributed by atoms with E-state index in [0.29, 0.717) is 11.6 Å². The van der Waals surface area contributed by atoms with Crippen molar-refractivity contribution < 1.29 is 5.11 Å². The molecule has 0 bridgehead atoms. The standard InChI is InChI=1S/C7H10ClNOS/c1-9-3-6(10)7-2-5(8)4-11-7/h2,4,6,9-10H,3H2,1H3. The first-order valence-corrected chi connectivity index (χ1v) is 4.56. The van der Waals surface area contributed by atoms with E-state index in [0.717, 1.165) is 4.88 Å². The Morgan fingerprint density at radius 2 is 2.55 bits per heavy atom. The van der Waals surface area contributed by atoms with Crippen molar-refractivity contribution in [3.05, 3.63) is 21.3 Å². The van der Waals surface area contributed by atoms with Crippen molar-refractivity contribution in [3.8, 4) is 0 Å². The summed E-state index contributed by atoms with van der Waals surface area (Å²) in [5.74, 6) is 0. The summed E-state index contributed by atoms with van der Waals surface area (Å²) in [4.78, 5) is 0.907. The first-order valence-electron chi connectivity index (χ1n) is 3.30. The molecule has 0 radical (unpaired) electrons. The van der Waals surface area contributed by atoms with E-state index in [1.165, 1.54) is 11.3 Å². The predicted molar refractivity (Wildman–Crippen MR) is 48.2 cm³/mol. The lowest BCUT2D eigenvalue weighted by atomic mass is 10.3. The molecule has 2 N–H and O–H groups in total. The molecule has 1 aromatic heterocycles. The summed E-state index contributed by atoms with van der Waals surface area (Å²) in [6.07, 6.45) is -0.433. The quantitative estimate of drug-likeness (QED) is 0.762. The van der Waals surface area contributed by atoms with Gasteiger partial charge in [0.05, 0.1) is 5.02 Å². The van der Waals surface area contributed by atoms with Crippen LogP contribution in [0.5, 0.6) is 0 Å². The van der Waals surface area contributed by atoms with Crippen LogP contribution in [0, 0.1) is 0 Å². The Kier molecular flexibility index (Phi) is 3.33. The number of rotatable bonds is 3. The smallest absolute Gasteiger partial charge is 0.101 e. The maximum absolute atomic E-state index is 9.42. The van der Waals surface area contributed by atoms with Gasteiger partial charge in [0, 0.05) is 16.8 Å². The van der Waals surface area contributed by atoms with Crippen LogP contribution < -0.4 is 5.32 Å². The molecular formula is C7H10ClNOS. The van der Waals surface area contributed by atoms with Gasteiger partial charge in [0.15, 0.2) is 0 Å². The molecule has 1 heterocycles. The molecule has 2 nitrogen and oxygen atoms in total. The molecule has 11 heavy (non-hydrogen) atoms. The van der Waals surface area contributed by atoms with Crippen molar-refractivity contribution in [1.82, 2.24) is 5.32 Å². The van der Waals surface area contributed by atoms with E-state index in [4.69, 9.17) is 11.6 Å². The van der Waals surface area contributed by atoms with Crippen LogP contribution in [0.1, 0.15) is 11.0 Å². The van der Waals surface area contributed by atoms with Crippen molar-refractivity contribution in [2.24, 2.45) is 0 Å². The molecular weight excluding hydrogens is 182 g/mol. The van der Waals surface area contributed by atoms with Gasteiger partial charge in [-0.05, 0) is 13.1 Å². The van der Waals surface area contributed by atoms with Crippen molar-refractivity contribution in [2.75, 3.05) is 13.6 Å². The van der Waals surface area contributed by atoms with Crippen molar-refractivity contribution in [3.63, 3.8) is 0 Å². The average Bonchev–Trinajstić information content (AvgIpc) is 2.36. The lowest BCUT2D eigenvalue weighted by Crippen LogP contribution is -2.15. The average molecular weight is 192 g/mol. The zero-order valence-corrected chi connectivity index (χ0v) is 7.75. The highest BCUT2D eigenvalue weighted by atomic mass is 35.5. The number of aliphatic hydroxyl groups excluding tert-OH is 1. The highest BCUT2D eigenvalue weighted by Crippen LogP contribution is 2.24. The first kappa shape index (κ1) is 9.00. The summed E-state index contributed by atoms with van der Waals surface area (Å²) in [6.45, 7) is 0.566. The van der Waals surface area contributed by atoms with Crippen LogP contribution >= 0.6 is 22.9 Å². The molecule has 1 atom stereocenters. The van der Waals surface area contributed by atoms with E-state index in [-0.39, 0.29) is 0 Å². The highest BCUT2D eigenvalue weighted by Gasteiger charge is 2.07. The minimum atomic E-state index is -0.433. The summed E-state index contributed by atoms with van der Waals surface area (Å²) >= 11 is 7.16. The van der Waals surface area contributed by atoms with Crippen LogP contribution in [0.2, 0.25) is 5.02 Å². The summed E-state index contributed by atoms with van der Waals surface area (Å²) in [6, 6.07) is 1.79. The van der Waals surface area contributed by atoms with E-state index in [9.17, 15) is 5.11 Å². The molecule has 1 rings (SSSR count). The third-order valence-electron chi connectivity index (χ3n) is 1.31. The normalized spacial score (nSPS) is 13.4. The van der Waals surface area contributed by atoms with Gasteiger partial charge in [0.25, 0.3) is 0 Å². The number of nitrogens with one attached hydrogen (secondary N) is 1. The van der Waals surface area contributed by atoms with Gasteiger partial charge in [0.2, 0.25) is 0 Å². The number of aliphatic hydroxyl groups is 1. The molecule has 0 amide bonds. The van der Waals surface area contributed by atoms with Gasteiger partial charge >= 0.3 is 0 Å². The second-order valence-corrected chi connectivity index (χ2v) is 3.62. The van der Waals surface area contributed by atoms with E-state index >= 15 is 0 Å². The number of halogens is 1. The van der Waals surface area contributed by atoms with Gasteiger partial charge in [-0.1, -0.05) is 11.6 Å². The number of likely N-dealkylation sites (N-methyl/N-ethyl adjacent to an activating group) is 1. The number of thiophene rings is 1. The van der Waals surface area contributed by atoms with E-state index in [2.05, 4.69) is 5.32 Å². The SMILES string of the molecule is CNCC(O)c1cc(Cl)cs1. The van der Waals surface area contributed by atoms with Gasteiger partial charge in [-0.25, -0.2) is 0 Å². The molecule has 1 unspecified atom stereocenters. The summed E-state index contributed by atoms with van der Waals surface area (Å²) < 4.78 is 0. The topological polar surface area (TPSA) is 32.3 Å². The van der Waals surface area contributed by atoms with Crippen LogP contribution in [0.3, 0.4) is 0 Å². The lowest BCUT2D eigenvalue weighted by molar-refractivity contribution is 0.181. The molecule has 0 spiro atoms. The molecule has 0 saturated carbocycles. The molecule has 0 aliphatic heterocycles. The third kappa shape index (κ3) is 2.45. The van der Waals surface area contributed by atoms with Gasteiger partial charge in [-0.3, -0.25) is 0 Å². The second kappa shape index (κ2) is 4.07. The first-order chi connectivity index (χ1) is 5.24. The molecule has 0 aromatic carbocycles. The largest absolute Gasteiger partial charge is 0.386 e. The molecule has 0 aliphatic rings. The maximum atomic E-state index is 9.42. The Morgan fingerprint density at radius 1 is 1.82 bits per heavy atom. The lowest BCUT2D eigenvalue weighted by Gasteiger charge is -2.05. The number of hydrogen-bond donors (Lipinski definition) is 2. The molecule has 1 aromatic rings. The molecule has 0 aliphatic carbocycles. The van der Waals surface area contributed by atoms with E-state index in [1.807, 2.05) is 5.38 Å². The Bertz CT molecular complexity index is 226. The molecule has 62 valence electrons. The van der Waals surface area contributed by atoms with Crippen LogP contribution in [0.4, 0.5) is 0 Å². The summed E-state index contributed by atoms with van der Waals surface area (Å²) in [7, 11) is 1.80. The fraction of sp³-hybridized carbons (Fsp3) is 0.429. The predicted octanol–water partition coefficient (Wildman–Crippen LogP) is 1.65. The van der Waals surface area contributed by atoms with Crippen LogP contribution in [0.15, 0.2) is 11.4 Å². The minimum Gasteiger partial charge on any atom is -0.386 e. The second-order valence-electron chi connectivity index (χ2n) is 2.24. The molecule has 0 fully saturated rings. The Balaban J connectivity index is 2.60. The van der Waals surface area contributed by atoms with Crippen molar-refractivity contribution in [2.45, 2.75) is 6.10 Å². The number of hydrogen-bond acceptors (Lipinski definition) is 3. The fourth-order valence-electron chi connectivity index (χ4n) is 0.797. The van der Waals surface area contributed by atoms with Gasteiger partial charge < -0.3 is 10.4 Å². The van der Waals surface area contributed by atoms with Crippen molar-refractivity contribution in [1.29, 1.82) is 0 Å². The highest BCUT2D eigenvalue weighted by molar-refractivity contribution is 7.10. The van der Waals surface area contributed by atoms with Gasteiger partial charge in [0.1, 0.15) is 6.10 Å². The van der Waals surface area contributed by atoms with Crippen molar-refractivity contribution >= 4 is 22.9 Å². The maximum Gasteiger partial charge on any atom is 0.101 e. The zero-order chi connectivity index (χ0) is 8.27. The third-order valence-corrected chi connectivity index (χ3v) is 2.70. The fourth-order valence-corrected chi connectivity index (χ4v) is 1.86. The minimum absolute atomic E-state index is 0.433. The monoisotopic (exact) mass is 191 g/mol. The van der Waals surface area contributed by atoms with E-state index < -0.39 is 6.10 Å². The van der Waals surface area contributed by atoms with E-state index in [1.54, 1.807) is 13.1 Å². The Morgan fingerprint density at radius 3 is 3.00 bits per heavy atom. The molecule has 4 heteroatoms. The molecule has 0 saturated heterocycles. The van der Waals surface area contributed by atoms with Gasteiger partial charge in [-0.15, -0.1) is 11.3 Å². The Labute approximate surface area is 74.8 Å². The summed E-state index contributed by atoms with van der Waals surface area (Å²) in [5.41, 5.74) is 0. The Hall–Kier alpha value is -0.0900. The van der Waals surface area contributed by atoms with Crippen LogP contribution in [0.25, 0.3) is 0 Å². The summed E-state index contributed by atoms with van der Waals surface area (Å²) in [5, 5.41) is 14.8. The van der Waals surface area contributed by atoms with Crippen LogP contribution in [-0.4, -0.2) is 18.7 Å².